The molecule has 0 spiro atoms. The van der Waals surface area contributed by atoms with E-state index in [-0.39, 0.29) is 17.4 Å². The first-order valence-electron chi connectivity index (χ1n) is 9.62. The fraction of sp³-hybridized carbons (Fsp3) is 0.318. The molecule has 6 nitrogen and oxygen atoms in total. The number of carbonyl (C=O) groups excluding carboxylic acids is 1. The highest BCUT2D eigenvalue weighted by Crippen LogP contribution is 2.33. The van der Waals surface area contributed by atoms with E-state index in [0.29, 0.717) is 47.7 Å². The number of hydrogen-bond donors (Lipinski definition) is 1. The zero-order chi connectivity index (χ0) is 21.3. The van der Waals surface area contributed by atoms with Gasteiger partial charge in [-0.2, -0.15) is 0 Å². The average Bonchev–Trinajstić information content (AvgIpc) is 3.08. The fourth-order valence-corrected chi connectivity index (χ4v) is 3.82. The third-order valence-corrected chi connectivity index (χ3v) is 5.41. The number of furan rings is 1. The Hall–Kier alpha value is -2.77. The molecular weight excluding hydrogens is 413 g/mol. The number of aliphatic hydroxyl groups excluding tert-OH is 1. The summed E-state index contributed by atoms with van der Waals surface area (Å²) < 4.78 is 30.6. The predicted molar refractivity (Wildman–Crippen MR) is 110 cm³/mol. The van der Waals surface area contributed by atoms with Crippen LogP contribution < -0.4 is 9.47 Å². The molecule has 0 radical (unpaired) electrons. The number of ether oxygens (including phenoxy) is 2. The molecule has 3 aromatic rings. The van der Waals surface area contributed by atoms with Gasteiger partial charge in [0, 0.05) is 36.0 Å². The van der Waals surface area contributed by atoms with Crippen LogP contribution in [0.1, 0.15) is 23.4 Å². The van der Waals surface area contributed by atoms with E-state index in [2.05, 4.69) is 0 Å². The molecule has 2 atom stereocenters. The largest absolute Gasteiger partial charge is 0.493 e. The van der Waals surface area contributed by atoms with Crippen molar-refractivity contribution in [2.45, 2.75) is 25.0 Å². The maximum atomic E-state index is 13.9. The van der Waals surface area contributed by atoms with Gasteiger partial charge in [-0.25, -0.2) is 4.39 Å². The van der Waals surface area contributed by atoms with Gasteiger partial charge in [0.15, 0.2) is 28.7 Å². The van der Waals surface area contributed by atoms with Gasteiger partial charge in [0.05, 0.1) is 13.2 Å². The van der Waals surface area contributed by atoms with Crippen LogP contribution >= 0.6 is 11.6 Å². The number of benzene rings is 2. The van der Waals surface area contributed by atoms with Crippen molar-refractivity contribution in [2.75, 3.05) is 20.2 Å². The van der Waals surface area contributed by atoms with Gasteiger partial charge in [-0.3, -0.25) is 4.79 Å². The molecule has 0 aliphatic carbocycles. The number of rotatable bonds is 4. The van der Waals surface area contributed by atoms with Crippen LogP contribution in [0.15, 0.2) is 46.9 Å². The van der Waals surface area contributed by atoms with Gasteiger partial charge in [0.25, 0.3) is 5.91 Å². The van der Waals surface area contributed by atoms with Gasteiger partial charge in [0.1, 0.15) is 6.10 Å². The smallest absolute Gasteiger partial charge is 0.289 e. The number of carbonyl (C=O) groups is 1. The van der Waals surface area contributed by atoms with Crippen LogP contribution in [-0.4, -0.2) is 48.3 Å². The maximum Gasteiger partial charge on any atom is 0.289 e. The first-order chi connectivity index (χ1) is 14.5. The summed E-state index contributed by atoms with van der Waals surface area (Å²) in [7, 11) is 1.50. The number of likely N-dealkylation sites (tertiary alicyclic amines) is 1. The van der Waals surface area contributed by atoms with Crippen LogP contribution in [0.25, 0.3) is 11.0 Å². The molecule has 2 aromatic carbocycles. The second-order valence-corrected chi connectivity index (χ2v) is 7.60. The van der Waals surface area contributed by atoms with Crippen molar-refractivity contribution < 1.29 is 28.2 Å². The van der Waals surface area contributed by atoms with E-state index < -0.39 is 18.0 Å². The number of para-hydroxylation sites is 1. The lowest BCUT2D eigenvalue weighted by molar-refractivity contribution is 0.0328. The van der Waals surface area contributed by atoms with Crippen molar-refractivity contribution in [3.05, 3.63) is 59.1 Å². The molecule has 4 rings (SSSR count). The van der Waals surface area contributed by atoms with Crippen LogP contribution in [0.3, 0.4) is 0 Å². The third kappa shape index (κ3) is 4.08. The Morgan fingerprint density at radius 1 is 1.20 bits per heavy atom. The number of aliphatic hydroxyl groups is 1. The summed E-state index contributed by atoms with van der Waals surface area (Å²) in [5.41, 5.74) is 0.445. The quantitative estimate of drug-likeness (QED) is 0.665. The molecule has 1 saturated heterocycles. The second kappa shape index (κ2) is 8.53. The Morgan fingerprint density at radius 2 is 1.97 bits per heavy atom. The standard InChI is InChI=1S/C22H21ClFNO5/c1-28-19-12-14(23)10-13-11-20(30-21(13)19)22(27)25-8-6-16(26)18(7-9-25)29-17-5-3-2-4-15(17)24/h2-5,10-12,16,18,26H,6-9H2,1H3/t16-,18-/m0/s1. The van der Waals surface area contributed by atoms with E-state index >= 15 is 0 Å². The first kappa shape index (κ1) is 20.5. The van der Waals surface area contributed by atoms with Crippen molar-refractivity contribution in [1.29, 1.82) is 0 Å². The fourth-order valence-electron chi connectivity index (χ4n) is 3.60. The van der Waals surface area contributed by atoms with Crippen LogP contribution in [0, 0.1) is 5.82 Å². The van der Waals surface area contributed by atoms with Crippen LogP contribution in [0.4, 0.5) is 4.39 Å². The summed E-state index contributed by atoms with van der Waals surface area (Å²) in [5, 5.41) is 11.6. The highest BCUT2D eigenvalue weighted by Gasteiger charge is 2.30. The molecule has 30 heavy (non-hydrogen) atoms. The van der Waals surface area contributed by atoms with Crippen molar-refractivity contribution in [3.8, 4) is 11.5 Å². The van der Waals surface area contributed by atoms with E-state index in [9.17, 15) is 14.3 Å². The summed E-state index contributed by atoms with van der Waals surface area (Å²) in [5.74, 6) is -0.0998. The molecule has 0 saturated carbocycles. The summed E-state index contributed by atoms with van der Waals surface area (Å²) in [6.07, 6.45) is -0.775. The SMILES string of the molecule is COc1cc(Cl)cc2cc(C(=O)N3CC[C@H](Oc4ccccc4F)[C@@H](O)CC3)oc12. The van der Waals surface area contributed by atoms with Gasteiger partial charge in [-0.15, -0.1) is 0 Å². The van der Waals surface area contributed by atoms with Crippen molar-refractivity contribution in [3.63, 3.8) is 0 Å². The number of amides is 1. The molecule has 1 amide bonds. The van der Waals surface area contributed by atoms with E-state index in [0.717, 1.165) is 0 Å². The van der Waals surface area contributed by atoms with Gasteiger partial charge in [-0.1, -0.05) is 23.7 Å². The van der Waals surface area contributed by atoms with Gasteiger partial charge in [-0.05, 0) is 30.7 Å². The number of halogens is 2. The number of fused-ring (bicyclic) bond motifs is 1. The summed E-state index contributed by atoms with van der Waals surface area (Å²) in [6.45, 7) is 0.663. The van der Waals surface area contributed by atoms with Crippen molar-refractivity contribution in [1.82, 2.24) is 4.90 Å². The lowest BCUT2D eigenvalue weighted by Crippen LogP contribution is -2.32. The van der Waals surface area contributed by atoms with E-state index in [1.165, 1.54) is 19.2 Å². The zero-order valence-electron chi connectivity index (χ0n) is 16.3. The van der Waals surface area contributed by atoms with Crippen LogP contribution in [0.5, 0.6) is 11.5 Å². The Kier molecular flexibility index (Phi) is 5.83. The molecular formula is C22H21ClFNO5. The van der Waals surface area contributed by atoms with E-state index in [1.54, 1.807) is 35.2 Å². The summed E-state index contributed by atoms with van der Waals surface area (Å²) in [4.78, 5) is 14.6. The summed E-state index contributed by atoms with van der Waals surface area (Å²) >= 11 is 6.09. The topological polar surface area (TPSA) is 72.1 Å². The predicted octanol–water partition coefficient (Wildman–Crippen LogP) is 4.28. The Morgan fingerprint density at radius 3 is 2.73 bits per heavy atom. The van der Waals surface area contributed by atoms with E-state index in [4.69, 9.17) is 25.5 Å². The third-order valence-electron chi connectivity index (χ3n) is 5.19. The highest BCUT2D eigenvalue weighted by atomic mass is 35.5. The van der Waals surface area contributed by atoms with Crippen LogP contribution in [0.2, 0.25) is 5.02 Å². The molecule has 1 fully saturated rings. The normalized spacial score (nSPS) is 19.5. The molecule has 2 heterocycles. The Bertz CT molecular complexity index is 1070. The van der Waals surface area contributed by atoms with E-state index in [1.807, 2.05) is 0 Å². The molecule has 1 aromatic heterocycles. The monoisotopic (exact) mass is 433 g/mol. The van der Waals surface area contributed by atoms with Gasteiger partial charge >= 0.3 is 0 Å². The molecule has 158 valence electrons. The lowest BCUT2D eigenvalue weighted by Gasteiger charge is -2.21. The minimum atomic E-state index is -0.822. The average molecular weight is 434 g/mol. The van der Waals surface area contributed by atoms with Crippen molar-refractivity contribution >= 4 is 28.5 Å². The summed E-state index contributed by atoms with van der Waals surface area (Å²) in [6, 6.07) is 11.0. The highest BCUT2D eigenvalue weighted by molar-refractivity contribution is 6.31. The van der Waals surface area contributed by atoms with Gasteiger partial charge < -0.3 is 23.9 Å². The molecule has 1 aliphatic heterocycles. The molecule has 8 heteroatoms. The minimum Gasteiger partial charge on any atom is -0.493 e. The second-order valence-electron chi connectivity index (χ2n) is 7.16. The Balaban J connectivity index is 1.50. The Labute approximate surface area is 177 Å². The molecule has 1 aliphatic rings. The maximum absolute atomic E-state index is 13.9. The number of hydrogen-bond acceptors (Lipinski definition) is 5. The first-order valence-corrected chi connectivity index (χ1v) is 9.99. The number of nitrogens with zero attached hydrogens (tertiary/aromatic N) is 1. The van der Waals surface area contributed by atoms with Gasteiger partial charge in [0.2, 0.25) is 0 Å². The molecule has 1 N–H and O–H groups in total. The van der Waals surface area contributed by atoms with Crippen LogP contribution in [-0.2, 0) is 0 Å². The number of methoxy groups -OCH3 is 1. The lowest BCUT2D eigenvalue weighted by atomic mass is 10.1. The molecule has 0 bridgehead atoms. The molecule has 0 unspecified atom stereocenters. The minimum absolute atomic E-state index is 0.0857. The van der Waals surface area contributed by atoms with Crippen molar-refractivity contribution in [2.24, 2.45) is 0 Å². The zero-order valence-corrected chi connectivity index (χ0v) is 17.1.